The Morgan fingerprint density at radius 2 is 2.20 bits per heavy atom. The van der Waals surface area contributed by atoms with Gasteiger partial charge in [0.25, 0.3) is 0 Å². The summed E-state index contributed by atoms with van der Waals surface area (Å²) in [6, 6.07) is 5.28. The molecule has 0 radical (unpaired) electrons. The lowest BCUT2D eigenvalue weighted by Gasteiger charge is -2.16. The van der Waals surface area contributed by atoms with E-state index < -0.39 is 5.97 Å². The zero-order valence-electron chi connectivity index (χ0n) is 11.8. The van der Waals surface area contributed by atoms with Crippen LogP contribution in [0.3, 0.4) is 0 Å². The average Bonchev–Trinajstić information content (AvgIpc) is 2.82. The van der Waals surface area contributed by atoms with Gasteiger partial charge in [-0.15, -0.1) is 0 Å². The molecule has 1 aromatic heterocycles. The molecule has 0 fully saturated rings. The summed E-state index contributed by atoms with van der Waals surface area (Å²) in [5, 5.41) is 18.0. The van der Waals surface area contributed by atoms with Crippen molar-refractivity contribution in [2.45, 2.75) is 39.2 Å². The predicted octanol–water partition coefficient (Wildman–Crippen LogP) is 2.63. The van der Waals surface area contributed by atoms with E-state index in [1.54, 1.807) is 12.1 Å². The lowest BCUT2D eigenvalue weighted by molar-refractivity contribution is 0.0697. The van der Waals surface area contributed by atoms with Gasteiger partial charge in [0, 0.05) is 19.1 Å². The van der Waals surface area contributed by atoms with E-state index in [1.165, 1.54) is 0 Å². The molecule has 5 nitrogen and oxygen atoms in total. The first kappa shape index (κ1) is 14.5. The highest BCUT2D eigenvalue weighted by Gasteiger charge is 2.16. The Labute approximate surface area is 117 Å². The fourth-order valence-electron chi connectivity index (χ4n) is 2.54. The van der Waals surface area contributed by atoms with Crippen molar-refractivity contribution >= 4 is 17.0 Å². The van der Waals surface area contributed by atoms with Gasteiger partial charge in [-0.25, -0.2) is 9.78 Å². The van der Waals surface area contributed by atoms with Crippen LogP contribution in [0.15, 0.2) is 18.2 Å². The maximum Gasteiger partial charge on any atom is 0.335 e. The first-order valence-corrected chi connectivity index (χ1v) is 6.93. The number of aliphatic hydroxyl groups is 1. The quantitative estimate of drug-likeness (QED) is 0.850. The van der Waals surface area contributed by atoms with Gasteiger partial charge in [0.15, 0.2) is 0 Å². The van der Waals surface area contributed by atoms with E-state index in [0.29, 0.717) is 0 Å². The standard InChI is InChI=1S/C15H20N2O3/c1-3-14-16-12-9-11(15(19)20)6-7-13(12)17(14)10(2)5-4-8-18/h6-7,9-10,18H,3-5,8H2,1-2H3,(H,19,20). The Morgan fingerprint density at radius 1 is 1.45 bits per heavy atom. The molecule has 1 heterocycles. The second-order valence-electron chi connectivity index (χ2n) is 4.98. The van der Waals surface area contributed by atoms with Crippen LogP contribution in [0.4, 0.5) is 0 Å². The van der Waals surface area contributed by atoms with E-state index in [0.717, 1.165) is 36.1 Å². The van der Waals surface area contributed by atoms with Crippen molar-refractivity contribution in [3.8, 4) is 0 Å². The summed E-state index contributed by atoms with van der Waals surface area (Å²) in [6.45, 7) is 4.32. The van der Waals surface area contributed by atoms with Crippen LogP contribution in [0.2, 0.25) is 0 Å². The Kier molecular flexibility index (Phi) is 4.39. The van der Waals surface area contributed by atoms with Crippen molar-refractivity contribution in [2.24, 2.45) is 0 Å². The average molecular weight is 276 g/mol. The van der Waals surface area contributed by atoms with Gasteiger partial charge in [-0.05, 0) is 38.0 Å². The molecule has 0 aliphatic carbocycles. The minimum Gasteiger partial charge on any atom is -0.478 e. The maximum absolute atomic E-state index is 11.0. The molecule has 20 heavy (non-hydrogen) atoms. The topological polar surface area (TPSA) is 75.3 Å². The van der Waals surface area contributed by atoms with Gasteiger partial charge in [-0.1, -0.05) is 6.92 Å². The number of carboxylic acids is 1. The molecule has 0 aliphatic heterocycles. The summed E-state index contributed by atoms with van der Waals surface area (Å²) in [6.07, 6.45) is 2.41. The van der Waals surface area contributed by atoms with Crippen LogP contribution in [-0.2, 0) is 6.42 Å². The maximum atomic E-state index is 11.0. The highest BCUT2D eigenvalue weighted by atomic mass is 16.4. The van der Waals surface area contributed by atoms with Crippen molar-refractivity contribution in [3.05, 3.63) is 29.6 Å². The van der Waals surface area contributed by atoms with E-state index in [2.05, 4.69) is 16.5 Å². The van der Waals surface area contributed by atoms with E-state index in [1.807, 2.05) is 13.0 Å². The number of benzene rings is 1. The Hall–Kier alpha value is -1.88. The summed E-state index contributed by atoms with van der Waals surface area (Å²) in [5.41, 5.74) is 1.93. The van der Waals surface area contributed by atoms with E-state index in [4.69, 9.17) is 10.2 Å². The molecule has 0 spiro atoms. The number of hydrogen-bond donors (Lipinski definition) is 2. The van der Waals surface area contributed by atoms with Crippen molar-refractivity contribution in [2.75, 3.05) is 6.61 Å². The van der Waals surface area contributed by atoms with Gasteiger partial charge in [-0.2, -0.15) is 0 Å². The Balaban J connectivity index is 2.49. The van der Waals surface area contributed by atoms with E-state index >= 15 is 0 Å². The minimum absolute atomic E-state index is 0.182. The number of aliphatic hydroxyl groups excluding tert-OH is 1. The molecule has 108 valence electrons. The van der Waals surface area contributed by atoms with Crippen LogP contribution >= 0.6 is 0 Å². The molecule has 0 aliphatic rings. The fourth-order valence-corrected chi connectivity index (χ4v) is 2.54. The second-order valence-corrected chi connectivity index (χ2v) is 4.98. The Bertz CT molecular complexity index is 619. The Morgan fingerprint density at radius 3 is 2.80 bits per heavy atom. The normalized spacial score (nSPS) is 12.8. The zero-order valence-corrected chi connectivity index (χ0v) is 11.8. The molecule has 5 heteroatoms. The number of aromatic carboxylic acids is 1. The van der Waals surface area contributed by atoms with E-state index in [9.17, 15) is 4.79 Å². The molecule has 0 amide bonds. The molecule has 1 unspecified atom stereocenters. The summed E-state index contributed by atoms with van der Waals surface area (Å²) in [4.78, 5) is 15.6. The highest BCUT2D eigenvalue weighted by Crippen LogP contribution is 2.25. The van der Waals surface area contributed by atoms with Crippen molar-refractivity contribution < 1.29 is 15.0 Å². The number of fused-ring (bicyclic) bond motifs is 1. The van der Waals surface area contributed by atoms with Gasteiger partial charge < -0.3 is 14.8 Å². The van der Waals surface area contributed by atoms with Gasteiger partial charge in [0.1, 0.15) is 5.82 Å². The number of carboxylic acid groups (broad SMARTS) is 1. The van der Waals surface area contributed by atoms with Gasteiger partial charge in [0.05, 0.1) is 16.6 Å². The third-order valence-corrected chi connectivity index (χ3v) is 3.55. The molecule has 0 saturated heterocycles. The zero-order chi connectivity index (χ0) is 14.7. The molecule has 2 rings (SSSR count). The number of nitrogens with zero attached hydrogens (tertiary/aromatic N) is 2. The van der Waals surface area contributed by atoms with Crippen LogP contribution < -0.4 is 0 Å². The van der Waals surface area contributed by atoms with E-state index in [-0.39, 0.29) is 18.2 Å². The number of aromatic nitrogens is 2. The molecule has 2 aromatic rings. The van der Waals surface area contributed by atoms with Crippen LogP contribution in [0, 0.1) is 0 Å². The second kappa shape index (κ2) is 6.05. The lowest BCUT2D eigenvalue weighted by Crippen LogP contribution is -2.09. The number of imidazole rings is 1. The van der Waals surface area contributed by atoms with Crippen LogP contribution in [-0.4, -0.2) is 32.3 Å². The molecular weight excluding hydrogens is 256 g/mol. The molecule has 2 N–H and O–H groups in total. The summed E-state index contributed by atoms with van der Waals surface area (Å²) < 4.78 is 2.15. The number of carbonyl (C=O) groups is 1. The summed E-state index contributed by atoms with van der Waals surface area (Å²) in [5.74, 6) is 0.0146. The first-order valence-electron chi connectivity index (χ1n) is 6.93. The molecule has 0 saturated carbocycles. The number of aryl methyl sites for hydroxylation is 1. The summed E-state index contributed by atoms with van der Waals surface area (Å²) in [7, 11) is 0. The monoisotopic (exact) mass is 276 g/mol. The van der Waals surface area contributed by atoms with Gasteiger partial charge in [-0.3, -0.25) is 0 Å². The number of hydrogen-bond acceptors (Lipinski definition) is 3. The number of rotatable bonds is 6. The smallest absolute Gasteiger partial charge is 0.335 e. The molecular formula is C15H20N2O3. The first-order chi connectivity index (χ1) is 9.58. The SMILES string of the molecule is CCc1nc2cc(C(=O)O)ccc2n1C(C)CCCO. The largest absolute Gasteiger partial charge is 0.478 e. The molecule has 1 atom stereocenters. The lowest BCUT2D eigenvalue weighted by atomic mass is 10.1. The fraction of sp³-hybridized carbons (Fsp3) is 0.467. The molecule has 0 bridgehead atoms. The highest BCUT2D eigenvalue weighted by molar-refractivity contribution is 5.92. The van der Waals surface area contributed by atoms with Gasteiger partial charge >= 0.3 is 5.97 Å². The van der Waals surface area contributed by atoms with Crippen LogP contribution in [0.1, 0.15) is 48.9 Å². The minimum atomic E-state index is -0.937. The van der Waals surface area contributed by atoms with Crippen molar-refractivity contribution in [3.63, 3.8) is 0 Å². The van der Waals surface area contributed by atoms with Crippen molar-refractivity contribution in [1.82, 2.24) is 9.55 Å². The predicted molar refractivity (Wildman–Crippen MR) is 77.1 cm³/mol. The third kappa shape index (κ3) is 2.67. The van der Waals surface area contributed by atoms with Crippen molar-refractivity contribution in [1.29, 1.82) is 0 Å². The summed E-state index contributed by atoms with van der Waals surface area (Å²) >= 11 is 0. The van der Waals surface area contributed by atoms with Gasteiger partial charge in [0.2, 0.25) is 0 Å². The third-order valence-electron chi connectivity index (χ3n) is 3.55. The van der Waals surface area contributed by atoms with Crippen LogP contribution in [0.25, 0.3) is 11.0 Å². The van der Waals surface area contributed by atoms with Crippen LogP contribution in [0.5, 0.6) is 0 Å². The molecule has 1 aromatic carbocycles.